The molecule has 2 aromatic carbocycles. The molecule has 1 aliphatic carbocycles. The van der Waals surface area contributed by atoms with Crippen LogP contribution in [0.15, 0.2) is 53.3 Å². The van der Waals surface area contributed by atoms with Gasteiger partial charge in [-0.15, -0.1) is 5.10 Å². The SMILES string of the molecule is O=C(O)[C@H]1[C@H](Cn2nnc3ccccc3c2=O)CC[C@@H]1C(=O)c1ccc(OCC2CCOCC2)cc1. The van der Waals surface area contributed by atoms with Crippen LogP contribution in [0.25, 0.3) is 10.9 Å². The number of Topliss-reactive ketones (excluding diaryl/α,β-unsaturated/α-hetero) is 1. The largest absolute Gasteiger partial charge is 0.493 e. The van der Waals surface area contributed by atoms with Crippen molar-refractivity contribution in [2.24, 2.45) is 23.7 Å². The van der Waals surface area contributed by atoms with Gasteiger partial charge in [-0.2, -0.15) is 0 Å². The Labute approximate surface area is 208 Å². The van der Waals surface area contributed by atoms with Crippen LogP contribution in [-0.2, 0) is 16.1 Å². The fourth-order valence-electron chi connectivity index (χ4n) is 5.38. The quantitative estimate of drug-likeness (QED) is 0.477. The molecule has 0 bridgehead atoms. The molecule has 2 heterocycles. The second kappa shape index (κ2) is 10.6. The number of benzene rings is 2. The maximum Gasteiger partial charge on any atom is 0.307 e. The number of ether oxygens (including phenoxy) is 2. The maximum atomic E-state index is 13.3. The molecule has 188 valence electrons. The van der Waals surface area contributed by atoms with Crippen molar-refractivity contribution < 1.29 is 24.2 Å². The highest BCUT2D eigenvalue weighted by molar-refractivity contribution is 6.00. The lowest BCUT2D eigenvalue weighted by Crippen LogP contribution is -2.34. The van der Waals surface area contributed by atoms with Crippen LogP contribution in [0.4, 0.5) is 0 Å². The molecule has 1 saturated heterocycles. The summed E-state index contributed by atoms with van der Waals surface area (Å²) in [5.74, 6) is -2.04. The second-order valence-electron chi connectivity index (χ2n) is 9.66. The molecule has 0 unspecified atom stereocenters. The third-order valence-electron chi connectivity index (χ3n) is 7.41. The molecule has 9 nitrogen and oxygen atoms in total. The molecule has 2 aliphatic rings. The number of hydrogen-bond acceptors (Lipinski definition) is 7. The summed E-state index contributed by atoms with van der Waals surface area (Å²) >= 11 is 0. The monoisotopic (exact) mass is 491 g/mol. The summed E-state index contributed by atoms with van der Waals surface area (Å²) < 4.78 is 12.5. The number of hydrogen-bond donors (Lipinski definition) is 1. The van der Waals surface area contributed by atoms with E-state index in [0.717, 1.165) is 26.1 Å². The van der Waals surface area contributed by atoms with E-state index in [1.54, 1.807) is 48.5 Å². The fraction of sp³-hybridized carbons (Fsp3) is 0.444. The Hall–Kier alpha value is -3.59. The van der Waals surface area contributed by atoms with Crippen LogP contribution in [0.5, 0.6) is 5.75 Å². The minimum absolute atomic E-state index is 0.108. The Balaban J connectivity index is 1.27. The van der Waals surface area contributed by atoms with E-state index in [-0.39, 0.29) is 17.9 Å². The third kappa shape index (κ3) is 5.02. The van der Waals surface area contributed by atoms with Crippen LogP contribution in [0, 0.1) is 23.7 Å². The van der Waals surface area contributed by atoms with Crippen LogP contribution < -0.4 is 10.3 Å². The van der Waals surface area contributed by atoms with E-state index in [9.17, 15) is 19.5 Å². The van der Waals surface area contributed by atoms with Crippen LogP contribution >= 0.6 is 0 Å². The van der Waals surface area contributed by atoms with Crippen molar-refractivity contribution in [2.75, 3.05) is 19.8 Å². The average Bonchev–Trinajstić information content (AvgIpc) is 3.33. The Bertz CT molecular complexity index is 1300. The lowest BCUT2D eigenvalue weighted by molar-refractivity contribution is -0.144. The second-order valence-corrected chi connectivity index (χ2v) is 9.66. The van der Waals surface area contributed by atoms with Gasteiger partial charge in [0.05, 0.1) is 24.5 Å². The number of ketones is 1. The molecule has 3 atom stereocenters. The van der Waals surface area contributed by atoms with Crippen molar-refractivity contribution in [3.8, 4) is 5.75 Å². The van der Waals surface area contributed by atoms with Gasteiger partial charge >= 0.3 is 5.97 Å². The van der Waals surface area contributed by atoms with Gasteiger partial charge in [-0.25, -0.2) is 4.68 Å². The standard InChI is InChI=1S/C27H29N3O6/c31-25(18-5-8-20(9-6-18)36-16-17-11-13-35-14-12-17)22-10-7-19(24(22)27(33)34)15-30-26(32)21-3-1-2-4-23(21)28-29-30/h1-6,8-9,17,19,22,24H,7,10-16H2,(H,33,34)/t19-,22-,24-/m0/s1. The molecule has 1 saturated carbocycles. The molecule has 36 heavy (non-hydrogen) atoms. The topological polar surface area (TPSA) is 121 Å². The number of aliphatic carboxylic acids is 1. The molecule has 0 spiro atoms. The number of carbonyl (C=O) groups is 2. The smallest absolute Gasteiger partial charge is 0.307 e. The number of carbonyl (C=O) groups excluding carboxylic acids is 1. The van der Waals surface area contributed by atoms with Crippen LogP contribution in [0.3, 0.4) is 0 Å². The number of carboxylic acid groups (broad SMARTS) is 1. The first-order valence-electron chi connectivity index (χ1n) is 12.4. The number of carboxylic acids is 1. The zero-order valence-corrected chi connectivity index (χ0v) is 19.9. The Morgan fingerprint density at radius 2 is 1.78 bits per heavy atom. The van der Waals surface area contributed by atoms with Crippen LogP contribution in [0.1, 0.15) is 36.0 Å². The molecule has 1 N–H and O–H groups in total. The molecule has 0 radical (unpaired) electrons. The lowest BCUT2D eigenvalue weighted by atomic mass is 9.84. The maximum absolute atomic E-state index is 13.3. The van der Waals surface area contributed by atoms with Gasteiger partial charge in [0.2, 0.25) is 0 Å². The van der Waals surface area contributed by atoms with Crippen LogP contribution in [0.2, 0.25) is 0 Å². The Kier molecular flexibility index (Phi) is 7.09. The highest BCUT2D eigenvalue weighted by Crippen LogP contribution is 2.40. The predicted octanol–water partition coefficient (Wildman–Crippen LogP) is 3.21. The highest BCUT2D eigenvalue weighted by atomic mass is 16.5. The summed E-state index contributed by atoms with van der Waals surface area (Å²) in [4.78, 5) is 38.4. The number of fused-ring (bicyclic) bond motifs is 1. The number of rotatable bonds is 8. The van der Waals surface area contributed by atoms with Crippen molar-refractivity contribution >= 4 is 22.7 Å². The van der Waals surface area contributed by atoms with Crippen molar-refractivity contribution in [3.05, 3.63) is 64.4 Å². The highest BCUT2D eigenvalue weighted by Gasteiger charge is 2.45. The van der Waals surface area contributed by atoms with E-state index in [0.29, 0.717) is 47.6 Å². The Morgan fingerprint density at radius 3 is 2.53 bits per heavy atom. The van der Waals surface area contributed by atoms with E-state index in [4.69, 9.17) is 9.47 Å². The summed E-state index contributed by atoms with van der Waals surface area (Å²) in [6.45, 7) is 2.24. The van der Waals surface area contributed by atoms with E-state index in [1.165, 1.54) is 4.68 Å². The van der Waals surface area contributed by atoms with Crippen molar-refractivity contribution in [1.29, 1.82) is 0 Å². The third-order valence-corrected chi connectivity index (χ3v) is 7.41. The molecule has 0 amide bonds. The average molecular weight is 492 g/mol. The van der Waals surface area contributed by atoms with Crippen LogP contribution in [-0.4, -0.2) is 51.7 Å². The Morgan fingerprint density at radius 1 is 1.03 bits per heavy atom. The summed E-state index contributed by atoms with van der Waals surface area (Å²) in [6, 6.07) is 13.8. The summed E-state index contributed by atoms with van der Waals surface area (Å²) in [6.07, 6.45) is 2.92. The van der Waals surface area contributed by atoms with Gasteiger partial charge in [-0.05, 0) is 73.9 Å². The van der Waals surface area contributed by atoms with Crippen molar-refractivity contribution in [3.63, 3.8) is 0 Å². The molecule has 1 aliphatic heterocycles. The van der Waals surface area contributed by atoms with E-state index < -0.39 is 23.7 Å². The summed E-state index contributed by atoms with van der Waals surface area (Å²) in [5.41, 5.74) is 0.650. The first-order chi connectivity index (χ1) is 17.5. The van der Waals surface area contributed by atoms with Crippen molar-refractivity contribution in [2.45, 2.75) is 32.2 Å². The fourth-order valence-corrected chi connectivity index (χ4v) is 5.38. The van der Waals surface area contributed by atoms with E-state index >= 15 is 0 Å². The molecule has 1 aromatic heterocycles. The number of nitrogens with zero attached hydrogens (tertiary/aromatic N) is 3. The first kappa shape index (κ1) is 24.1. The summed E-state index contributed by atoms with van der Waals surface area (Å²) in [7, 11) is 0. The normalized spacial score (nSPS) is 22.5. The number of aromatic nitrogens is 3. The molecular weight excluding hydrogens is 462 g/mol. The molecule has 9 heteroatoms. The lowest BCUT2D eigenvalue weighted by Gasteiger charge is -2.22. The van der Waals surface area contributed by atoms with E-state index in [1.807, 2.05) is 0 Å². The van der Waals surface area contributed by atoms with Gasteiger partial charge in [-0.1, -0.05) is 17.3 Å². The molecule has 3 aromatic rings. The molecular formula is C27H29N3O6. The van der Waals surface area contributed by atoms with Gasteiger partial charge in [0, 0.05) is 24.7 Å². The molecule has 2 fully saturated rings. The minimum atomic E-state index is -1.03. The zero-order chi connectivity index (χ0) is 25.1. The summed E-state index contributed by atoms with van der Waals surface area (Å²) in [5, 5.41) is 18.5. The first-order valence-corrected chi connectivity index (χ1v) is 12.4. The van der Waals surface area contributed by atoms with Gasteiger partial charge in [0.25, 0.3) is 5.56 Å². The van der Waals surface area contributed by atoms with E-state index in [2.05, 4.69) is 10.3 Å². The molecule has 5 rings (SSSR count). The van der Waals surface area contributed by atoms with Gasteiger partial charge in [-0.3, -0.25) is 14.4 Å². The predicted molar refractivity (Wildman–Crippen MR) is 131 cm³/mol. The van der Waals surface area contributed by atoms with Crippen molar-refractivity contribution in [1.82, 2.24) is 15.0 Å². The van der Waals surface area contributed by atoms with Gasteiger partial charge < -0.3 is 14.6 Å². The van der Waals surface area contributed by atoms with Gasteiger partial charge in [0.15, 0.2) is 5.78 Å². The van der Waals surface area contributed by atoms with Gasteiger partial charge in [0.1, 0.15) is 11.3 Å². The zero-order valence-electron chi connectivity index (χ0n) is 19.9. The minimum Gasteiger partial charge on any atom is -0.493 e.